The van der Waals surface area contributed by atoms with Crippen molar-refractivity contribution in [2.75, 3.05) is 6.61 Å². The van der Waals surface area contributed by atoms with E-state index in [1.54, 1.807) is 0 Å². The summed E-state index contributed by atoms with van der Waals surface area (Å²) < 4.78 is 5.98. The molecular formula is C17H24O. The summed E-state index contributed by atoms with van der Waals surface area (Å²) in [6.07, 6.45) is 5.81. The highest BCUT2D eigenvalue weighted by Crippen LogP contribution is 2.48. The van der Waals surface area contributed by atoms with Crippen LogP contribution in [0.5, 0.6) is 5.75 Å². The Kier molecular flexibility index (Phi) is 3.32. The van der Waals surface area contributed by atoms with Gasteiger partial charge < -0.3 is 4.74 Å². The number of hydrogen-bond acceptors (Lipinski definition) is 1. The molecular weight excluding hydrogens is 220 g/mol. The van der Waals surface area contributed by atoms with Crippen molar-refractivity contribution < 1.29 is 4.74 Å². The molecule has 0 spiro atoms. The Hall–Kier alpha value is -0.980. The zero-order valence-corrected chi connectivity index (χ0v) is 11.6. The van der Waals surface area contributed by atoms with Gasteiger partial charge >= 0.3 is 0 Å². The topological polar surface area (TPSA) is 9.23 Å². The number of fused-ring (bicyclic) bond motifs is 2. The number of benzene rings is 1. The van der Waals surface area contributed by atoms with Gasteiger partial charge in [-0.05, 0) is 60.6 Å². The predicted molar refractivity (Wildman–Crippen MR) is 75.0 cm³/mol. The van der Waals surface area contributed by atoms with E-state index in [1.165, 1.54) is 31.2 Å². The van der Waals surface area contributed by atoms with Gasteiger partial charge in [0.25, 0.3) is 0 Å². The minimum Gasteiger partial charge on any atom is -0.493 e. The maximum absolute atomic E-state index is 5.98. The van der Waals surface area contributed by atoms with Crippen LogP contribution in [0.15, 0.2) is 24.3 Å². The zero-order chi connectivity index (χ0) is 12.5. The first-order valence-corrected chi connectivity index (χ1v) is 7.45. The molecule has 2 aliphatic rings. The Morgan fingerprint density at radius 2 is 1.89 bits per heavy atom. The fourth-order valence-electron chi connectivity index (χ4n) is 3.73. The molecule has 2 fully saturated rings. The molecule has 1 aromatic rings. The Morgan fingerprint density at radius 1 is 1.11 bits per heavy atom. The zero-order valence-electron chi connectivity index (χ0n) is 11.6. The van der Waals surface area contributed by atoms with Crippen LogP contribution in [0.1, 0.15) is 51.0 Å². The molecule has 1 aromatic carbocycles. The Bertz CT molecular complexity index is 393. The average molecular weight is 244 g/mol. The van der Waals surface area contributed by atoms with Gasteiger partial charge in [-0.3, -0.25) is 0 Å². The van der Waals surface area contributed by atoms with Crippen molar-refractivity contribution >= 4 is 0 Å². The van der Waals surface area contributed by atoms with E-state index in [1.807, 2.05) is 0 Å². The van der Waals surface area contributed by atoms with Crippen molar-refractivity contribution in [1.82, 2.24) is 0 Å². The molecule has 98 valence electrons. The van der Waals surface area contributed by atoms with Crippen LogP contribution in [-0.2, 0) is 0 Å². The van der Waals surface area contributed by atoms with Gasteiger partial charge in [0, 0.05) is 0 Å². The van der Waals surface area contributed by atoms with Crippen molar-refractivity contribution in [2.45, 2.75) is 45.4 Å². The van der Waals surface area contributed by atoms with Crippen molar-refractivity contribution in [1.29, 1.82) is 0 Å². The van der Waals surface area contributed by atoms with Crippen LogP contribution >= 0.6 is 0 Å². The third kappa shape index (κ3) is 2.41. The summed E-state index contributed by atoms with van der Waals surface area (Å²) in [5.74, 6) is 4.46. The monoisotopic (exact) mass is 244 g/mol. The lowest BCUT2D eigenvalue weighted by Crippen LogP contribution is -2.18. The van der Waals surface area contributed by atoms with Gasteiger partial charge in [-0.1, -0.05) is 32.4 Å². The van der Waals surface area contributed by atoms with E-state index in [2.05, 4.69) is 38.1 Å². The fraction of sp³-hybridized carbons (Fsp3) is 0.647. The Morgan fingerprint density at radius 3 is 2.44 bits per heavy atom. The van der Waals surface area contributed by atoms with E-state index in [9.17, 15) is 0 Å². The molecule has 0 aromatic heterocycles. The van der Waals surface area contributed by atoms with Gasteiger partial charge in [0.15, 0.2) is 0 Å². The highest BCUT2D eigenvalue weighted by atomic mass is 16.5. The first-order chi connectivity index (χ1) is 8.72. The van der Waals surface area contributed by atoms with Gasteiger partial charge in [0.2, 0.25) is 0 Å². The third-order valence-corrected chi connectivity index (χ3v) is 4.90. The first kappa shape index (κ1) is 12.1. The summed E-state index contributed by atoms with van der Waals surface area (Å²) in [5.41, 5.74) is 1.39. The number of rotatable bonds is 4. The minimum atomic E-state index is 0.601. The second kappa shape index (κ2) is 4.95. The van der Waals surface area contributed by atoms with Crippen LogP contribution in [0.2, 0.25) is 0 Å². The lowest BCUT2D eigenvalue weighted by molar-refractivity contribution is 0.195. The summed E-state index contributed by atoms with van der Waals surface area (Å²) >= 11 is 0. The second-order valence-electron chi connectivity index (χ2n) is 6.47. The van der Waals surface area contributed by atoms with Crippen molar-refractivity contribution in [2.24, 2.45) is 17.8 Å². The van der Waals surface area contributed by atoms with Crippen LogP contribution in [0, 0.1) is 17.8 Å². The lowest BCUT2D eigenvalue weighted by Gasteiger charge is -2.21. The van der Waals surface area contributed by atoms with Gasteiger partial charge in [-0.2, -0.15) is 0 Å². The van der Waals surface area contributed by atoms with Crippen LogP contribution in [0.3, 0.4) is 0 Å². The lowest BCUT2D eigenvalue weighted by atomic mass is 9.89. The molecule has 0 heterocycles. The van der Waals surface area contributed by atoms with E-state index in [4.69, 9.17) is 4.74 Å². The van der Waals surface area contributed by atoms with E-state index in [-0.39, 0.29) is 0 Å². The molecule has 1 heteroatoms. The Labute approximate surface area is 111 Å². The largest absolute Gasteiger partial charge is 0.493 e. The van der Waals surface area contributed by atoms with Crippen molar-refractivity contribution in [3.8, 4) is 5.75 Å². The first-order valence-electron chi connectivity index (χ1n) is 7.45. The molecule has 0 saturated heterocycles. The molecule has 0 N–H and O–H groups in total. The highest BCUT2D eigenvalue weighted by molar-refractivity contribution is 5.28. The smallest absolute Gasteiger partial charge is 0.119 e. The molecule has 0 aliphatic heterocycles. The van der Waals surface area contributed by atoms with E-state index < -0.39 is 0 Å². The second-order valence-corrected chi connectivity index (χ2v) is 6.47. The van der Waals surface area contributed by atoms with E-state index in [0.717, 1.165) is 30.1 Å². The van der Waals surface area contributed by atoms with Gasteiger partial charge in [-0.15, -0.1) is 0 Å². The maximum atomic E-state index is 5.98. The van der Waals surface area contributed by atoms with Crippen LogP contribution in [-0.4, -0.2) is 6.61 Å². The van der Waals surface area contributed by atoms with Crippen molar-refractivity contribution in [3.63, 3.8) is 0 Å². The molecule has 2 saturated carbocycles. The number of hydrogen-bond donors (Lipinski definition) is 0. The fourth-order valence-corrected chi connectivity index (χ4v) is 3.73. The van der Waals surface area contributed by atoms with Gasteiger partial charge in [0.1, 0.15) is 5.75 Å². The van der Waals surface area contributed by atoms with Gasteiger partial charge in [-0.25, -0.2) is 0 Å². The summed E-state index contributed by atoms with van der Waals surface area (Å²) in [6.45, 7) is 5.39. The molecule has 3 rings (SSSR count). The van der Waals surface area contributed by atoms with Crippen LogP contribution in [0.25, 0.3) is 0 Å². The summed E-state index contributed by atoms with van der Waals surface area (Å²) in [7, 11) is 0. The number of ether oxygens (including phenoxy) is 1. The molecule has 1 nitrogen and oxygen atoms in total. The molecule has 3 atom stereocenters. The van der Waals surface area contributed by atoms with Crippen LogP contribution < -0.4 is 4.74 Å². The molecule has 2 aliphatic carbocycles. The molecule has 0 amide bonds. The molecule has 18 heavy (non-hydrogen) atoms. The Balaban J connectivity index is 1.54. The average Bonchev–Trinajstić information content (AvgIpc) is 2.99. The minimum absolute atomic E-state index is 0.601. The molecule has 3 unspecified atom stereocenters. The van der Waals surface area contributed by atoms with Gasteiger partial charge in [0.05, 0.1) is 6.61 Å². The third-order valence-electron chi connectivity index (χ3n) is 4.90. The normalized spacial score (nSPS) is 30.1. The van der Waals surface area contributed by atoms with Crippen molar-refractivity contribution in [3.05, 3.63) is 29.8 Å². The molecule has 2 bridgehead atoms. The van der Waals surface area contributed by atoms with E-state index >= 15 is 0 Å². The van der Waals surface area contributed by atoms with E-state index in [0.29, 0.717) is 5.92 Å². The summed E-state index contributed by atoms with van der Waals surface area (Å²) in [6, 6.07) is 8.65. The van der Waals surface area contributed by atoms with Crippen LogP contribution in [0.4, 0.5) is 0 Å². The highest BCUT2D eigenvalue weighted by Gasteiger charge is 2.39. The standard InChI is InChI=1S/C17H24O/c1-12(2)14-5-7-17(8-6-14)18-11-16-10-13-3-4-15(16)9-13/h5-8,12-13,15-16H,3-4,9-11H2,1-2H3. The summed E-state index contributed by atoms with van der Waals surface area (Å²) in [5, 5.41) is 0. The quantitative estimate of drug-likeness (QED) is 0.750. The maximum Gasteiger partial charge on any atom is 0.119 e. The molecule has 0 radical (unpaired) electrons. The predicted octanol–water partition coefficient (Wildman–Crippen LogP) is 4.63. The SMILES string of the molecule is CC(C)c1ccc(OCC2CC3CCC2C3)cc1. The summed E-state index contributed by atoms with van der Waals surface area (Å²) in [4.78, 5) is 0.